The van der Waals surface area contributed by atoms with Crippen molar-refractivity contribution < 1.29 is 9.59 Å². The molecule has 1 saturated heterocycles. The van der Waals surface area contributed by atoms with Crippen molar-refractivity contribution in [2.24, 2.45) is 0 Å². The van der Waals surface area contributed by atoms with Crippen LogP contribution in [-0.4, -0.2) is 42.9 Å². The average molecular weight is 458 g/mol. The summed E-state index contributed by atoms with van der Waals surface area (Å²) in [4.78, 5) is 32.9. The molecule has 0 bridgehead atoms. The summed E-state index contributed by atoms with van der Waals surface area (Å²) in [5, 5.41) is 0.372. The molecule has 2 heterocycles. The van der Waals surface area contributed by atoms with E-state index in [0.717, 1.165) is 18.7 Å². The van der Waals surface area contributed by atoms with Crippen LogP contribution in [0.5, 0.6) is 0 Å². The molecule has 0 aromatic heterocycles. The van der Waals surface area contributed by atoms with Gasteiger partial charge in [-0.15, -0.1) is 0 Å². The van der Waals surface area contributed by atoms with Gasteiger partial charge in [-0.2, -0.15) is 0 Å². The van der Waals surface area contributed by atoms with E-state index >= 15 is 0 Å². The Kier molecular flexibility index (Phi) is 5.65. The number of anilines is 2. The topological polar surface area (TPSA) is 43.9 Å². The number of nitrogens with zero attached hydrogens (tertiary/aromatic N) is 3. The molecule has 166 valence electrons. The lowest BCUT2D eigenvalue weighted by Gasteiger charge is -2.37. The number of rotatable bonds is 4. The van der Waals surface area contributed by atoms with Gasteiger partial charge in [-0.05, 0) is 42.3 Å². The maximum atomic E-state index is 13.7. The van der Waals surface area contributed by atoms with Gasteiger partial charge in [-0.1, -0.05) is 66.2 Å². The molecule has 2 aliphatic rings. The maximum absolute atomic E-state index is 13.7. The van der Waals surface area contributed by atoms with Crippen LogP contribution < -0.4 is 9.80 Å². The first kappa shape index (κ1) is 21.3. The molecule has 0 atom stereocenters. The Morgan fingerprint density at radius 2 is 1.39 bits per heavy atom. The van der Waals surface area contributed by atoms with Gasteiger partial charge in [0.15, 0.2) is 0 Å². The third-order valence-electron chi connectivity index (χ3n) is 6.18. The Balaban J connectivity index is 1.49. The van der Waals surface area contributed by atoms with Crippen molar-refractivity contribution in [3.05, 3.63) is 101 Å². The molecule has 5 rings (SSSR count). The fraction of sp³-hybridized carbons (Fsp3) is 0.185. The van der Waals surface area contributed by atoms with Gasteiger partial charge in [0.05, 0.1) is 16.3 Å². The van der Waals surface area contributed by atoms with Crippen LogP contribution >= 0.6 is 11.6 Å². The van der Waals surface area contributed by atoms with Crippen molar-refractivity contribution in [1.82, 2.24) is 4.90 Å². The van der Waals surface area contributed by atoms with Crippen molar-refractivity contribution >= 4 is 40.4 Å². The van der Waals surface area contributed by atoms with E-state index in [0.29, 0.717) is 35.1 Å². The first-order valence-corrected chi connectivity index (χ1v) is 11.4. The number of piperazine rings is 1. The molecule has 0 spiro atoms. The zero-order chi connectivity index (χ0) is 22.9. The van der Waals surface area contributed by atoms with Crippen LogP contribution in [0.3, 0.4) is 0 Å². The van der Waals surface area contributed by atoms with Crippen molar-refractivity contribution in [3.63, 3.8) is 0 Å². The average Bonchev–Trinajstić information content (AvgIpc) is 3.10. The number of carbonyl (C=O) groups is 2. The third kappa shape index (κ3) is 3.89. The van der Waals surface area contributed by atoms with Crippen molar-refractivity contribution in [2.75, 3.05) is 36.0 Å². The Labute approximate surface area is 198 Å². The first-order chi connectivity index (χ1) is 16.0. The van der Waals surface area contributed by atoms with Crippen LogP contribution in [0.1, 0.15) is 11.1 Å². The highest BCUT2D eigenvalue weighted by atomic mass is 35.5. The maximum Gasteiger partial charge on any atom is 0.282 e. The SMILES string of the molecule is Cc1cccc(N2CCN(C3=C(c4ccccc4)C(=O)N(c4ccccc4Cl)C3=O)CC2)c1. The van der Waals surface area contributed by atoms with E-state index < -0.39 is 0 Å². The monoisotopic (exact) mass is 457 g/mol. The van der Waals surface area contributed by atoms with E-state index in [-0.39, 0.29) is 11.8 Å². The number of carbonyl (C=O) groups excluding carboxylic acids is 2. The molecule has 0 N–H and O–H groups in total. The summed E-state index contributed by atoms with van der Waals surface area (Å²) in [5.74, 6) is -0.661. The van der Waals surface area contributed by atoms with E-state index in [1.165, 1.54) is 16.2 Å². The molecule has 33 heavy (non-hydrogen) atoms. The number of imide groups is 1. The summed E-state index contributed by atoms with van der Waals surface area (Å²) in [7, 11) is 0. The molecule has 0 saturated carbocycles. The number of hydrogen-bond acceptors (Lipinski definition) is 4. The molecule has 0 aliphatic carbocycles. The molecule has 2 amide bonds. The molecule has 3 aromatic carbocycles. The van der Waals surface area contributed by atoms with Gasteiger partial charge in [0, 0.05) is 31.9 Å². The highest BCUT2D eigenvalue weighted by Crippen LogP contribution is 2.37. The van der Waals surface area contributed by atoms with E-state index in [1.54, 1.807) is 24.3 Å². The first-order valence-electron chi connectivity index (χ1n) is 11.0. The fourth-order valence-corrected chi connectivity index (χ4v) is 4.76. The number of para-hydroxylation sites is 1. The second-order valence-electron chi connectivity index (χ2n) is 8.30. The number of hydrogen-bond donors (Lipinski definition) is 0. The lowest BCUT2D eigenvalue weighted by Crippen LogP contribution is -2.47. The van der Waals surface area contributed by atoms with E-state index in [2.05, 4.69) is 36.1 Å². The van der Waals surface area contributed by atoms with Crippen LogP contribution in [0.25, 0.3) is 5.57 Å². The number of aryl methyl sites for hydroxylation is 1. The Morgan fingerprint density at radius 3 is 2.09 bits per heavy atom. The molecule has 0 unspecified atom stereocenters. The number of halogens is 1. The van der Waals surface area contributed by atoms with Gasteiger partial charge >= 0.3 is 0 Å². The predicted molar refractivity (Wildman–Crippen MR) is 132 cm³/mol. The molecule has 5 nitrogen and oxygen atoms in total. The molecule has 0 radical (unpaired) electrons. The minimum Gasteiger partial charge on any atom is -0.368 e. The van der Waals surface area contributed by atoms with Crippen LogP contribution in [-0.2, 0) is 9.59 Å². The van der Waals surface area contributed by atoms with Gasteiger partial charge in [-0.25, -0.2) is 4.90 Å². The fourth-order valence-electron chi connectivity index (χ4n) is 4.54. The van der Waals surface area contributed by atoms with Gasteiger partial charge in [0.2, 0.25) is 0 Å². The highest BCUT2D eigenvalue weighted by molar-refractivity contribution is 6.47. The Bertz CT molecular complexity index is 1250. The summed E-state index contributed by atoms with van der Waals surface area (Å²) in [6, 6.07) is 24.8. The quantitative estimate of drug-likeness (QED) is 0.530. The van der Waals surface area contributed by atoms with E-state index in [4.69, 9.17) is 11.6 Å². The van der Waals surface area contributed by atoms with E-state index in [1.807, 2.05) is 35.2 Å². The number of amides is 2. The molecular formula is C27H24ClN3O2. The predicted octanol–water partition coefficient (Wildman–Crippen LogP) is 4.76. The highest BCUT2D eigenvalue weighted by Gasteiger charge is 2.43. The second-order valence-corrected chi connectivity index (χ2v) is 8.71. The third-order valence-corrected chi connectivity index (χ3v) is 6.50. The lowest BCUT2D eigenvalue weighted by atomic mass is 10.0. The van der Waals surface area contributed by atoms with Crippen LogP contribution in [0.2, 0.25) is 5.02 Å². The summed E-state index contributed by atoms with van der Waals surface area (Å²) in [6.45, 7) is 4.91. The minimum absolute atomic E-state index is 0.323. The Hall–Kier alpha value is -3.57. The zero-order valence-corrected chi connectivity index (χ0v) is 19.1. The van der Waals surface area contributed by atoms with Crippen molar-refractivity contribution in [1.29, 1.82) is 0 Å². The van der Waals surface area contributed by atoms with E-state index in [9.17, 15) is 9.59 Å². The molecular weight excluding hydrogens is 434 g/mol. The smallest absolute Gasteiger partial charge is 0.282 e. The van der Waals surface area contributed by atoms with Gasteiger partial charge in [0.25, 0.3) is 11.8 Å². The largest absolute Gasteiger partial charge is 0.368 e. The zero-order valence-electron chi connectivity index (χ0n) is 18.4. The summed E-state index contributed by atoms with van der Waals surface area (Å²) in [6.07, 6.45) is 0. The van der Waals surface area contributed by atoms with Crippen LogP contribution in [0, 0.1) is 6.92 Å². The lowest BCUT2D eigenvalue weighted by molar-refractivity contribution is -0.120. The van der Waals surface area contributed by atoms with Crippen molar-refractivity contribution in [3.8, 4) is 0 Å². The Morgan fingerprint density at radius 1 is 0.727 bits per heavy atom. The summed E-state index contributed by atoms with van der Waals surface area (Å²) in [5.41, 5.74) is 4.44. The van der Waals surface area contributed by atoms with Crippen LogP contribution in [0.15, 0.2) is 84.6 Å². The van der Waals surface area contributed by atoms with Gasteiger partial charge in [-0.3, -0.25) is 9.59 Å². The molecule has 1 fully saturated rings. The van der Waals surface area contributed by atoms with Gasteiger partial charge < -0.3 is 9.80 Å². The summed E-state index contributed by atoms with van der Waals surface area (Å²) >= 11 is 6.38. The van der Waals surface area contributed by atoms with Gasteiger partial charge in [0.1, 0.15) is 5.70 Å². The van der Waals surface area contributed by atoms with Crippen LogP contribution in [0.4, 0.5) is 11.4 Å². The second kappa shape index (κ2) is 8.75. The normalized spacial score (nSPS) is 16.7. The summed E-state index contributed by atoms with van der Waals surface area (Å²) < 4.78 is 0. The molecule has 6 heteroatoms. The standard InChI is InChI=1S/C27H24ClN3O2/c1-19-8-7-11-21(18-19)29-14-16-30(17-15-29)25-24(20-9-3-2-4-10-20)26(32)31(27(25)33)23-13-6-5-12-22(23)28/h2-13,18H,14-17H2,1H3. The van der Waals surface area contributed by atoms with Crippen molar-refractivity contribution in [2.45, 2.75) is 6.92 Å². The minimum atomic E-state index is -0.338. The molecule has 3 aromatic rings. The number of benzene rings is 3. The molecule has 2 aliphatic heterocycles.